The van der Waals surface area contributed by atoms with E-state index in [-0.39, 0.29) is 19.3 Å². The van der Waals surface area contributed by atoms with Gasteiger partial charge in [0.1, 0.15) is 6.73 Å². The summed E-state index contributed by atoms with van der Waals surface area (Å²) in [5, 5.41) is 8.99. The maximum atomic E-state index is 11.0. The molecular weight excluding hydrogens is 246 g/mol. The smallest absolute Gasteiger partial charge is 0.317 e. The fourth-order valence-electron chi connectivity index (χ4n) is 4.16. The van der Waals surface area contributed by atoms with Crippen LogP contribution in [0.2, 0.25) is 0 Å². The molecule has 0 radical (unpaired) electrons. The van der Waals surface area contributed by atoms with Crippen molar-refractivity contribution >= 4 is 12.4 Å². The minimum absolute atomic E-state index is 0.0668. The van der Waals surface area contributed by atoms with E-state index in [2.05, 4.69) is 20.8 Å². The Balaban J connectivity index is 2.06. The summed E-state index contributed by atoms with van der Waals surface area (Å²) in [7, 11) is 0. The molecule has 1 N–H and O–H groups in total. The van der Waals surface area contributed by atoms with Crippen LogP contribution in [0.25, 0.3) is 0 Å². The van der Waals surface area contributed by atoms with E-state index >= 15 is 0 Å². The largest absolute Gasteiger partial charge is 0.480 e. The van der Waals surface area contributed by atoms with Gasteiger partial charge in [-0.1, -0.05) is 20.8 Å². The van der Waals surface area contributed by atoms with Gasteiger partial charge in [0, 0.05) is 6.04 Å². The van der Waals surface area contributed by atoms with Crippen LogP contribution in [-0.4, -0.2) is 41.8 Å². The van der Waals surface area contributed by atoms with E-state index in [1.54, 1.807) is 4.90 Å². The number of fused-ring (bicyclic) bond motifs is 2. The van der Waals surface area contributed by atoms with E-state index in [0.29, 0.717) is 29.6 Å². The van der Waals surface area contributed by atoms with Crippen LogP contribution in [0.15, 0.2) is 0 Å². The van der Waals surface area contributed by atoms with Crippen molar-refractivity contribution in [3.63, 3.8) is 0 Å². The Morgan fingerprint density at radius 1 is 1.47 bits per heavy atom. The van der Waals surface area contributed by atoms with E-state index in [1.165, 1.54) is 6.42 Å². The predicted octanol–water partition coefficient (Wildman–Crippen LogP) is 1.57. The number of rotatable bonds is 6. The monoisotopic (exact) mass is 269 g/mol. The molecule has 0 saturated heterocycles. The van der Waals surface area contributed by atoms with E-state index in [0.717, 1.165) is 6.42 Å². The second kappa shape index (κ2) is 5.12. The molecule has 0 aromatic carbocycles. The van der Waals surface area contributed by atoms with Gasteiger partial charge < -0.3 is 9.84 Å². The minimum Gasteiger partial charge on any atom is -0.480 e. The van der Waals surface area contributed by atoms with Gasteiger partial charge in [0.2, 0.25) is 0 Å². The average molecular weight is 269 g/mol. The number of nitrogens with zero attached hydrogens (tertiary/aromatic N) is 1. The third-order valence-corrected chi connectivity index (χ3v) is 5.43. The van der Waals surface area contributed by atoms with Crippen molar-refractivity contribution in [2.45, 2.75) is 39.7 Å². The highest BCUT2D eigenvalue weighted by Crippen LogP contribution is 2.61. The molecule has 0 aromatic heterocycles. The van der Waals surface area contributed by atoms with Crippen LogP contribution >= 0.6 is 0 Å². The van der Waals surface area contributed by atoms with Crippen LogP contribution in [0, 0.1) is 23.2 Å². The van der Waals surface area contributed by atoms with Crippen LogP contribution in [-0.2, 0) is 14.3 Å². The van der Waals surface area contributed by atoms with Crippen LogP contribution in [0.5, 0.6) is 0 Å². The van der Waals surface area contributed by atoms with Crippen molar-refractivity contribution in [2.75, 3.05) is 13.3 Å². The second-order valence-corrected chi connectivity index (χ2v) is 6.56. The summed E-state index contributed by atoms with van der Waals surface area (Å²) in [5.41, 5.74) is 0.371. The van der Waals surface area contributed by atoms with Crippen molar-refractivity contribution in [3.05, 3.63) is 0 Å². The molecule has 4 atom stereocenters. The average Bonchev–Trinajstić information content (AvgIpc) is 2.33. The Morgan fingerprint density at radius 3 is 2.63 bits per heavy atom. The SMILES string of the molecule is CC1[C@H]2C[C@@H](C[C@@H]1N(COC=O)CC(=O)O)C2(C)C. The van der Waals surface area contributed by atoms with Gasteiger partial charge in [0.15, 0.2) is 0 Å². The van der Waals surface area contributed by atoms with Gasteiger partial charge in [0.05, 0.1) is 6.54 Å². The van der Waals surface area contributed by atoms with Crippen molar-refractivity contribution < 1.29 is 19.4 Å². The summed E-state index contributed by atoms with van der Waals surface area (Å²) in [6.45, 7) is 7.20. The summed E-state index contributed by atoms with van der Waals surface area (Å²) in [6.07, 6.45) is 2.25. The second-order valence-electron chi connectivity index (χ2n) is 6.56. The lowest BCUT2D eigenvalue weighted by Crippen LogP contribution is -2.61. The first kappa shape index (κ1) is 14.3. The summed E-state index contributed by atoms with van der Waals surface area (Å²) in [4.78, 5) is 23.1. The summed E-state index contributed by atoms with van der Waals surface area (Å²) in [5.74, 6) is 0.866. The Bertz CT molecular complexity index is 368. The van der Waals surface area contributed by atoms with Gasteiger partial charge in [-0.3, -0.25) is 14.5 Å². The zero-order chi connectivity index (χ0) is 14.2. The summed E-state index contributed by atoms with van der Waals surface area (Å²) >= 11 is 0. The maximum absolute atomic E-state index is 11.0. The van der Waals surface area contributed by atoms with Crippen LogP contribution in [0.3, 0.4) is 0 Å². The fourth-order valence-corrected chi connectivity index (χ4v) is 4.16. The van der Waals surface area contributed by atoms with Crippen molar-refractivity contribution in [3.8, 4) is 0 Å². The lowest BCUT2D eigenvalue weighted by Gasteiger charge is -2.63. The molecular formula is C14H23NO4. The molecule has 108 valence electrons. The van der Waals surface area contributed by atoms with Crippen molar-refractivity contribution in [1.82, 2.24) is 4.90 Å². The highest BCUT2D eigenvalue weighted by Gasteiger charge is 2.57. The zero-order valence-electron chi connectivity index (χ0n) is 11.8. The third-order valence-electron chi connectivity index (χ3n) is 5.43. The maximum Gasteiger partial charge on any atom is 0.317 e. The van der Waals surface area contributed by atoms with Gasteiger partial charge in [-0.05, 0) is 36.0 Å². The zero-order valence-corrected chi connectivity index (χ0v) is 11.8. The first-order chi connectivity index (χ1) is 8.87. The highest BCUT2D eigenvalue weighted by molar-refractivity contribution is 5.69. The van der Waals surface area contributed by atoms with Gasteiger partial charge in [-0.2, -0.15) is 0 Å². The fraction of sp³-hybridized carbons (Fsp3) is 0.857. The third kappa shape index (κ3) is 2.48. The van der Waals surface area contributed by atoms with Crippen molar-refractivity contribution in [2.24, 2.45) is 23.2 Å². The molecule has 3 aliphatic carbocycles. The molecule has 19 heavy (non-hydrogen) atoms. The number of carbonyl (C=O) groups is 2. The lowest BCUT2D eigenvalue weighted by atomic mass is 9.44. The first-order valence-corrected chi connectivity index (χ1v) is 6.89. The minimum atomic E-state index is -0.875. The molecule has 3 saturated carbocycles. The highest BCUT2D eigenvalue weighted by atomic mass is 16.5. The van der Waals surface area contributed by atoms with Gasteiger partial charge in [-0.25, -0.2) is 0 Å². The molecule has 0 amide bonds. The standard InChI is InChI=1S/C14H23NO4/c1-9-11-4-10(14(11,2)3)5-12(9)15(6-13(17)18)7-19-8-16/h8-12H,4-7H2,1-3H3,(H,17,18)/t9?,10-,11+,12-/m0/s1. The Morgan fingerprint density at radius 2 is 2.16 bits per heavy atom. The van der Waals surface area contributed by atoms with E-state index in [9.17, 15) is 9.59 Å². The van der Waals surface area contributed by atoms with E-state index in [1.807, 2.05) is 0 Å². The summed E-state index contributed by atoms with van der Waals surface area (Å²) in [6, 6.07) is 0.202. The molecule has 1 unspecified atom stereocenters. The lowest BCUT2D eigenvalue weighted by molar-refractivity contribution is -0.164. The molecule has 3 aliphatic rings. The van der Waals surface area contributed by atoms with Gasteiger partial charge >= 0.3 is 5.97 Å². The number of hydrogen-bond donors (Lipinski definition) is 1. The van der Waals surface area contributed by atoms with Crippen LogP contribution in [0.4, 0.5) is 0 Å². The normalized spacial score (nSPS) is 35.6. The Kier molecular flexibility index (Phi) is 3.85. The quantitative estimate of drug-likeness (QED) is 0.585. The van der Waals surface area contributed by atoms with E-state index < -0.39 is 5.97 Å². The molecule has 5 heteroatoms. The van der Waals surface area contributed by atoms with Gasteiger partial charge in [0.25, 0.3) is 6.47 Å². The number of hydrogen-bond acceptors (Lipinski definition) is 4. The summed E-state index contributed by atoms with van der Waals surface area (Å²) < 4.78 is 4.78. The number of aliphatic carboxylic acids is 1. The van der Waals surface area contributed by atoms with Crippen molar-refractivity contribution in [1.29, 1.82) is 0 Å². The molecule has 2 bridgehead atoms. The van der Waals surface area contributed by atoms with Crippen LogP contribution < -0.4 is 0 Å². The molecule has 0 aliphatic heterocycles. The molecule has 0 aromatic rings. The Labute approximate surface area is 113 Å². The number of carboxylic acids is 1. The molecule has 5 nitrogen and oxygen atoms in total. The molecule has 0 heterocycles. The number of carbonyl (C=O) groups excluding carboxylic acids is 1. The molecule has 3 rings (SSSR count). The van der Waals surface area contributed by atoms with E-state index in [4.69, 9.17) is 9.84 Å². The first-order valence-electron chi connectivity index (χ1n) is 6.89. The van der Waals surface area contributed by atoms with Gasteiger partial charge in [-0.15, -0.1) is 0 Å². The number of carboxylic acid groups (broad SMARTS) is 1. The van der Waals surface area contributed by atoms with Crippen LogP contribution in [0.1, 0.15) is 33.6 Å². The number of ether oxygens (including phenoxy) is 1. The Hall–Kier alpha value is -1.10. The topological polar surface area (TPSA) is 66.8 Å². The predicted molar refractivity (Wildman–Crippen MR) is 69.3 cm³/mol. The molecule has 0 spiro atoms. The molecule has 3 fully saturated rings.